The van der Waals surface area contributed by atoms with Crippen molar-refractivity contribution in [3.05, 3.63) is 70.0 Å². The molecule has 0 bridgehead atoms. The lowest BCUT2D eigenvalue weighted by Gasteiger charge is -2.07. The van der Waals surface area contributed by atoms with E-state index in [1.54, 1.807) is 35.9 Å². The van der Waals surface area contributed by atoms with Crippen molar-refractivity contribution < 1.29 is 14.3 Å². The maximum atomic E-state index is 12.5. The van der Waals surface area contributed by atoms with Gasteiger partial charge in [-0.1, -0.05) is 39.3 Å². The summed E-state index contributed by atoms with van der Waals surface area (Å²) < 4.78 is 7.07. The van der Waals surface area contributed by atoms with Crippen LogP contribution < -0.4 is 10.6 Å². The van der Waals surface area contributed by atoms with Crippen molar-refractivity contribution in [2.45, 2.75) is 13.5 Å². The Labute approximate surface area is 170 Å². The molecule has 0 unspecified atom stereocenters. The summed E-state index contributed by atoms with van der Waals surface area (Å²) in [5.41, 5.74) is 3.21. The second-order valence-corrected chi connectivity index (χ2v) is 6.83. The summed E-state index contributed by atoms with van der Waals surface area (Å²) in [7, 11) is 1.30. The van der Waals surface area contributed by atoms with Crippen molar-refractivity contribution >= 4 is 33.6 Å². The number of carbonyl (C=O) groups is 2. The molecule has 9 heteroatoms. The molecular formula is C19H18BrN5O3. The van der Waals surface area contributed by atoms with Gasteiger partial charge in [0.1, 0.15) is 0 Å². The lowest BCUT2D eigenvalue weighted by Crippen LogP contribution is -2.24. The first kappa shape index (κ1) is 19.6. The average Bonchev–Trinajstić information content (AvgIpc) is 3.08. The minimum atomic E-state index is -0.537. The lowest BCUT2D eigenvalue weighted by molar-refractivity contribution is 0.0945. The molecule has 3 rings (SSSR count). The maximum absolute atomic E-state index is 12.5. The van der Waals surface area contributed by atoms with Crippen LogP contribution in [0.5, 0.6) is 0 Å². The standard InChI is InChI=1S/C19H18BrN5O3/c1-12-17(23-24-25(12)16-5-3-4-14(20)10-16)18(26)21-11-13-6-8-15(9-7-13)22-19(27)28-2/h3-10H,11H2,1-2H3,(H,21,26)(H,22,27). The monoisotopic (exact) mass is 443 g/mol. The molecule has 0 saturated heterocycles. The molecule has 144 valence electrons. The Balaban J connectivity index is 1.65. The summed E-state index contributed by atoms with van der Waals surface area (Å²) in [5.74, 6) is -0.310. The topological polar surface area (TPSA) is 98.1 Å². The van der Waals surface area contributed by atoms with Crippen molar-refractivity contribution in [3.63, 3.8) is 0 Å². The molecule has 28 heavy (non-hydrogen) atoms. The van der Waals surface area contributed by atoms with Gasteiger partial charge >= 0.3 is 6.09 Å². The zero-order valence-electron chi connectivity index (χ0n) is 15.3. The number of amides is 2. The molecule has 0 aliphatic heterocycles. The van der Waals surface area contributed by atoms with Crippen LogP contribution in [0.1, 0.15) is 21.7 Å². The zero-order valence-corrected chi connectivity index (χ0v) is 16.9. The van der Waals surface area contributed by atoms with Gasteiger partial charge in [-0.3, -0.25) is 10.1 Å². The summed E-state index contributed by atoms with van der Waals surface area (Å²) in [4.78, 5) is 23.7. The molecule has 0 aliphatic carbocycles. The molecule has 0 fully saturated rings. The van der Waals surface area contributed by atoms with E-state index in [0.29, 0.717) is 17.9 Å². The second-order valence-electron chi connectivity index (χ2n) is 5.91. The van der Waals surface area contributed by atoms with Crippen LogP contribution in [0, 0.1) is 6.92 Å². The highest BCUT2D eigenvalue weighted by molar-refractivity contribution is 9.10. The highest BCUT2D eigenvalue weighted by Crippen LogP contribution is 2.17. The van der Waals surface area contributed by atoms with E-state index < -0.39 is 6.09 Å². The van der Waals surface area contributed by atoms with Crippen LogP contribution in [-0.2, 0) is 11.3 Å². The van der Waals surface area contributed by atoms with Crippen LogP contribution in [0.2, 0.25) is 0 Å². The van der Waals surface area contributed by atoms with E-state index >= 15 is 0 Å². The molecule has 1 heterocycles. The quantitative estimate of drug-likeness (QED) is 0.628. The first-order chi connectivity index (χ1) is 13.5. The number of aromatic nitrogens is 3. The van der Waals surface area contributed by atoms with Crippen LogP contribution in [0.15, 0.2) is 53.0 Å². The third kappa shape index (κ3) is 4.55. The lowest BCUT2D eigenvalue weighted by atomic mass is 10.2. The number of hydrogen-bond donors (Lipinski definition) is 2. The fourth-order valence-electron chi connectivity index (χ4n) is 2.53. The van der Waals surface area contributed by atoms with Gasteiger partial charge in [0.2, 0.25) is 0 Å². The molecule has 0 spiro atoms. The number of rotatable bonds is 5. The van der Waals surface area contributed by atoms with E-state index in [2.05, 4.69) is 41.6 Å². The Morgan fingerprint density at radius 3 is 2.61 bits per heavy atom. The number of anilines is 1. The predicted molar refractivity (Wildman–Crippen MR) is 107 cm³/mol. The Morgan fingerprint density at radius 1 is 1.18 bits per heavy atom. The molecule has 2 N–H and O–H groups in total. The first-order valence-corrected chi connectivity index (χ1v) is 9.17. The van der Waals surface area contributed by atoms with Crippen LogP contribution >= 0.6 is 15.9 Å². The summed E-state index contributed by atoms with van der Waals surface area (Å²) in [6.45, 7) is 2.11. The zero-order chi connectivity index (χ0) is 20.1. The molecule has 0 aliphatic rings. The Bertz CT molecular complexity index is 1000. The van der Waals surface area contributed by atoms with Crippen molar-refractivity contribution in [2.75, 3.05) is 12.4 Å². The fourth-order valence-corrected chi connectivity index (χ4v) is 2.92. The highest BCUT2D eigenvalue weighted by Gasteiger charge is 2.17. The van der Waals surface area contributed by atoms with Crippen molar-refractivity contribution in [1.82, 2.24) is 20.3 Å². The fraction of sp³-hybridized carbons (Fsp3) is 0.158. The summed E-state index contributed by atoms with van der Waals surface area (Å²) in [6.07, 6.45) is -0.537. The van der Waals surface area contributed by atoms with Gasteiger partial charge in [0, 0.05) is 16.7 Å². The molecule has 0 radical (unpaired) electrons. The molecule has 2 amide bonds. The van der Waals surface area contributed by atoms with Crippen molar-refractivity contribution in [2.24, 2.45) is 0 Å². The number of hydrogen-bond acceptors (Lipinski definition) is 5. The summed E-state index contributed by atoms with van der Waals surface area (Å²) in [5, 5.41) is 13.5. The number of benzene rings is 2. The van der Waals surface area contributed by atoms with Crippen LogP contribution in [0.4, 0.5) is 10.5 Å². The molecule has 0 saturated carbocycles. The Kier molecular flexibility index (Phi) is 6.05. The molecule has 3 aromatic rings. The number of carbonyl (C=O) groups excluding carboxylic acids is 2. The van der Waals surface area contributed by atoms with Gasteiger partial charge in [0.15, 0.2) is 5.69 Å². The minimum Gasteiger partial charge on any atom is -0.453 e. The van der Waals surface area contributed by atoms with Crippen molar-refractivity contribution in [3.8, 4) is 5.69 Å². The number of halogens is 1. The van der Waals surface area contributed by atoms with Gasteiger partial charge in [-0.05, 0) is 42.8 Å². The Morgan fingerprint density at radius 2 is 1.93 bits per heavy atom. The van der Waals surface area contributed by atoms with Gasteiger partial charge in [-0.15, -0.1) is 5.10 Å². The van der Waals surface area contributed by atoms with Gasteiger partial charge in [0.05, 0.1) is 18.5 Å². The number of nitrogens with one attached hydrogen (secondary N) is 2. The van der Waals surface area contributed by atoms with E-state index in [1.807, 2.05) is 24.3 Å². The number of ether oxygens (including phenoxy) is 1. The number of nitrogens with zero attached hydrogens (tertiary/aromatic N) is 3. The van der Waals surface area contributed by atoms with Gasteiger partial charge < -0.3 is 10.1 Å². The minimum absolute atomic E-state index is 0.268. The highest BCUT2D eigenvalue weighted by atomic mass is 79.9. The molecular weight excluding hydrogens is 426 g/mol. The third-order valence-electron chi connectivity index (χ3n) is 4.00. The SMILES string of the molecule is COC(=O)Nc1ccc(CNC(=O)c2nnn(-c3cccc(Br)c3)c2C)cc1. The van der Waals surface area contributed by atoms with E-state index in [-0.39, 0.29) is 11.6 Å². The van der Waals surface area contributed by atoms with E-state index in [1.165, 1.54) is 7.11 Å². The normalized spacial score (nSPS) is 10.4. The van der Waals surface area contributed by atoms with Crippen LogP contribution in [0.25, 0.3) is 5.69 Å². The summed E-state index contributed by atoms with van der Waals surface area (Å²) in [6, 6.07) is 14.6. The predicted octanol–water partition coefficient (Wildman–Crippen LogP) is 3.45. The first-order valence-electron chi connectivity index (χ1n) is 8.38. The van der Waals surface area contributed by atoms with Gasteiger partial charge in [-0.25, -0.2) is 9.48 Å². The molecule has 2 aromatic carbocycles. The van der Waals surface area contributed by atoms with E-state index in [9.17, 15) is 9.59 Å². The van der Waals surface area contributed by atoms with Gasteiger partial charge in [-0.2, -0.15) is 0 Å². The van der Waals surface area contributed by atoms with Crippen LogP contribution in [-0.4, -0.2) is 34.1 Å². The molecule has 8 nitrogen and oxygen atoms in total. The van der Waals surface area contributed by atoms with E-state index in [4.69, 9.17) is 0 Å². The second kappa shape index (κ2) is 8.66. The largest absolute Gasteiger partial charge is 0.453 e. The Hall–Kier alpha value is -3.20. The molecule has 1 aromatic heterocycles. The third-order valence-corrected chi connectivity index (χ3v) is 4.49. The summed E-state index contributed by atoms with van der Waals surface area (Å²) >= 11 is 3.42. The average molecular weight is 444 g/mol. The molecule has 0 atom stereocenters. The van der Waals surface area contributed by atoms with Gasteiger partial charge in [0.25, 0.3) is 5.91 Å². The maximum Gasteiger partial charge on any atom is 0.411 e. The van der Waals surface area contributed by atoms with Crippen molar-refractivity contribution in [1.29, 1.82) is 0 Å². The van der Waals surface area contributed by atoms with E-state index in [0.717, 1.165) is 15.7 Å². The smallest absolute Gasteiger partial charge is 0.411 e. The number of methoxy groups -OCH3 is 1. The van der Waals surface area contributed by atoms with Crippen LogP contribution in [0.3, 0.4) is 0 Å².